The van der Waals surface area contributed by atoms with Crippen LogP contribution in [0.4, 0.5) is 5.69 Å². The van der Waals surface area contributed by atoms with Gasteiger partial charge in [-0.2, -0.15) is 5.10 Å². The smallest absolute Gasteiger partial charge is 0.278 e. The Labute approximate surface area is 141 Å². The molecule has 1 amide bonds. The van der Waals surface area contributed by atoms with Crippen LogP contribution in [0.2, 0.25) is 0 Å². The first kappa shape index (κ1) is 16.7. The molecule has 0 spiro atoms. The zero-order valence-corrected chi connectivity index (χ0v) is 14.6. The average molecular weight is 332 g/mol. The molecule has 0 radical (unpaired) electrons. The van der Waals surface area contributed by atoms with Crippen LogP contribution in [0, 0.1) is 11.3 Å². The Bertz CT molecular complexity index is 727. The second-order valence-electron chi connectivity index (χ2n) is 7.38. The molecular weight excluding hydrogens is 308 g/mol. The minimum absolute atomic E-state index is 0.198. The molecule has 0 bridgehead atoms. The van der Waals surface area contributed by atoms with Gasteiger partial charge in [0.05, 0.1) is 18.1 Å². The summed E-state index contributed by atoms with van der Waals surface area (Å²) in [4.78, 5) is 12.6. The Kier molecular flexibility index (Phi) is 4.45. The first-order valence-electron chi connectivity index (χ1n) is 8.18. The lowest BCUT2D eigenvalue weighted by molar-refractivity contribution is 0.101. The van der Waals surface area contributed by atoms with Crippen molar-refractivity contribution in [3.05, 3.63) is 29.4 Å². The van der Waals surface area contributed by atoms with Gasteiger partial charge < -0.3 is 14.6 Å². The number of nitrogens with zero attached hydrogens (tertiary/aromatic N) is 3. The molecule has 1 atom stereocenters. The van der Waals surface area contributed by atoms with Gasteiger partial charge in [0.25, 0.3) is 5.91 Å². The van der Waals surface area contributed by atoms with Gasteiger partial charge in [-0.3, -0.25) is 4.79 Å². The van der Waals surface area contributed by atoms with E-state index in [2.05, 4.69) is 36.3 Å². The Hall–Kier alpha value is -2.15. The molecule has 0 saturated heterocycles. The van der Waals surface area contributed by atoms with Crippen molar-refractivity contribution in [3.63, 3.8) is 0 Å². The molecule has 3 rings (SSSR count). The van der Waals surface area contributed by atoms with Gasteiger partial charge >= 0.3 is 0 Å². The number of anilines is 1. The zero-order chi connectivity index (χ0) is 17.3. The molecule has 1 aliphatic rings. The van der Waals surface area contributed by atoms with Crippen molar-refractivity contribution < 1.29 is 14.1 Å². The third-order valence-electron chi connectivity index (χ3n) is 4.63. The molecule has 130 valence electrons. The predicted octanol–water partition coefficient (Wildman–Crippen LogP) is 2.88. The highest BCUT2D eigenvalue weighted by molar-refractivity contribution is 6.03. The maximum Gasteiger partial charge on any atom is 0.278 e. The predicted molar refractivity (Wildman–Crippen MR) is 88.7 cm³/mol. The largest absolute Gasteiger partial charge is 0.362 e. The summed E-state index contributed by atoms with van der Waals surface area (Å²) in [6.45, 7) is 7.04. The van der Waals surface area contributed by atoms with Crippen molar-refractivity contribution in [1.82, 2.24) is 14.9 Å². The monoisotopic (exact) mass is 332 g/mol. The van der Waals surface area contributed by atoms with E-state index in [1.807, 2.05) is 0 Å². The van der Waals surface area contributed by atoms with Crippen LogP contribution in [0.5, 0.6) is 0 Å². The van der Waals surface area contributed by atoms with Crippen LogP contribution < -0.4 is 5.32 Å². The maximum absolute atomic E-state index is 12.6. The van der Waals surface area contributed by atoms with E-state index in [9.17, 15) is 4.79 Å². The first-order chi connectivity index (χ1) is 11.4. The number of hydrogen-bond acceptors (Lipinski definition) is 5. The molecule has 1 unspecified atom stereocenters. The molecular formula is C17H24N4O3. The first-order valence-corrected chi connectivity index (χ1v) is 8.18. The van der Waals surface area contributed by atoms with Crippen LogP contribution in [0.25, 0.3) is 0 Å². The molecule has 0 aliphatic heterocycles. The third-order valence-corrected chi connectivity index (χ3v) is 4.63. The molecule has 7 heteroatoms. The lowest BCUT2D eigenvalue weighted by Gasteiger charge is -2.33. The summed E-state index contributed by atoms with van der Waals surface area (Å²) in [5.74, 6) is 1.10. The van der Waals surface area contributed by atoms with Crippen molar-refractivity contribution in [2.24, 2.45) is 11.3 Å². The Balaban J connectivity index is 1.76. The number of aromatic nitrogens is 3. The summed E-state index contributed by atoms with van der Waals surface area (Å²) < 4.78 is 12.0. The van der Waals surface area contributed by atoms with Crippen LogP contribution in [0.1, 0.15) is 49.0 Å². The molecule has 2 heterocycles. The molecule has 1 aliphatic carbocycles. The Morgan fingerprint density at radius 1 is 1.50 bits per heavy atom. The number of carbonyl (C=O) groups is 1. The Morgan fingerprint density at radius 2 is 2.29 bits per heavy atom. The quantitative estimate of drug-likeness (QED) is 0.931. The van der Waals surface area contributed by atoms with Crippen molar-refractivity contribution in [3.8, 4) is 0 Å². The van der Waals surface area contributed by atoms with Crippen molar-refractivity contribution in [2.75, 3.05) is 12.4 Å². The number of rotatable bonds is 4. The summed E-state index contributed by atoms with van der Waals surface area (Å²) in [7, 11) is 1.59. The number of ether oxygens (including phenoxy) is 1. The third kappa shape index (κ3) is 3.36. The summed E-state index contributed by atoms with van der Waals surface area (Å²) in [6, 6.07) is 0. The minimum atomic E-state index is -0.258. The minimum Gasteiger partial charge on any atom is -0.362 e. The van der Waals surface area contributed by atoms with E-state index in [1.165, 1.54) is 0 Å². The van der Waals surface area contributed by atoms with Gasteiger partial charge in [0.2, 0.25) is 0 Å². The van der Waals surface area contributed by atoms with Crippen LogP contribution in [-0.2, 0) is 24.3 Å². The van der Waals surface area contributed by atoms with Crippen molar-refractivity contribution in [1.29, 1.82) is 0 Å². The van der Waals surface area contributed by atoms with Gasteiger partial charge in [-0.25, -0.2) is 4.68 Å². The van der Waals surface area contributed by atoms with E-state index in [0.29, 0.717) is 24.0 Å². The highest BCUT2D eigenvalue weighted by atomic mass is 16.5. The van der Waals surface area contributed by atoms with Crippen molar-refractivity contribution >= 4 is 11.6 Å². The normalized spacial score (nSPS) is 17.6. The second-order valence-corrected chi connectivity index (χ2v) is 7.38. The van der Waals surface area contributed by atoms with Crippen LogP contribution in [0.3, 0.4) is 0 Å². The van der Waals surface area contributed by atoms with Crippen molar-refractivity contribution in [2.45, 2.75) is 46.8 Å². The highest BCUT2D eigenvalue weighted by Gasteiger charge is 2.34. The SMILES string of the molecule is COCn1cc(NC(=O)c2noc3c2CC(C(C)(C)C)CC3)cn1. The Morgan fingerprint density at radius 3 is 3.00 bits per heavy atom. The topological polar surface area (TPSA) is 82.2 Å². The van der Waals surface area contributed by atoms with E-state index >= 15 is 0 Å². The van der Waals surface area contributed by atoms with Gasteiger partial charge in [0.1, 0.15) is 12.5 Å². The average Bonchev–Trinajstić information content (AvgIpc) is 3.12. The summed E-state index contributed by atoms with van der Waals surface area (Å²) >= 11 is 0. The lowest BCUT2D eigenvalue weighted by atomic mass is 9.71. The van der Waals surface area contributed by atoms with E-state index in [0.717, 1.165) is 30.6 Å². The maximum atomic E-state index is 12.6. The molecule has 0 aromatic carbocycles. The second kappa shape index (κ2) is 6.39. The van der Waals surface area contributed by atoms with E-state index in [1.54, 1.807) is 24.2 Å². The zero-order valence-electron chi connectivity index (χ0n) is 14.6. The number of aryl methyl sites for hydroxylation is 1. The van der Waals surface area contributed by atoms with Gasteiger partial charge in [-0.15, -0.1) is 0 Å². The molecule has 2 aromatic heterocycles. The summed E-state index contributed by atoms with van der Waals surface area (Å²) in [6.07, 6.45) is 6.03. The van der Waals surface area contributed by atoms with Gasteiger partial charge in [-0.05, 0) is 24.2 Å². The van der Waals surface area contributed by atoms with E-state index < -0.39 is 0 Å². The van der Waals surface area contributed by atoms with E-state index in [-0.39, 0.29) is 11.3 Å². The van der Waals surface area contributed by atoms with E-state index in [4.69, 9.17) is 9.26 Å². The molecule has 0 saturated carbocycles. The number of amides is 1. The fraction of sp³-hybridized carbons (Fsp3) is 0.588. The van der Waals surface area contributed by atoms with Crippen LogP contribution in [0.15, 0.2) is 16.9 Å². The fourth-order valence-corrected chi connectivity index (χ4v) is 3.14. The molecule has 0 fully saturated rings. The molecule has 24 heavy (non-hydrogen) atoms. The number of methoxy groups -OCH3 is 1. The lowest BCUT2D eigenvalue weighted by Crippen LogP contribution is -2.27. The standard InChI is InChI=1S/C17H24N4O3/c1-17(2,3)11-5-6-14-13(7-11)15(20-24-14)16(22)19-12-8-18-21(9-12)10-23-4/h8-9,11H,5-7,10H2,1-4H3,(H,19,22). The van der Waals surface area contributed by atoms with Crippen LogP contribution in [-0.4, -0.2) is 28.0 Å². The molecule has 2 aromatic rings. The van der Waals surface area contributed by atoms with Gasteiger partial charge in [0, 0.05) is 19.1 Å². The number of nitrogens with one attached hydrogen (secondary N) is 1. The fourth-order valence-electron chi connectivity index (χ4n) is 3.14. The van der Waals surface area contributed by atoms with Crippen LogP contribution >= 0.6 is 0 Å². The number of carbonyl (C=O) groups excluding carboxylic acids is 1. The molecule has 1 N–H and O–H groups in total. The number of hydrogen-bond donors (Lipinski definition) is 1. The number of fused-ring (bicyclic) bond motifs is 1. The summed E-state index contributed by atoms with van der Waals surface area (Å²) in [5, 5.41) is 10.9. The summed E-state index contributed by atoms with van der Waals surface area (Å²) in [5.41, 5.74) is 2.14. The van der Waals surface area contributed by atoms with Gasteiger partial charge in [0.15, 0.2) is 5.69 Å². The molecule has 7 nitrogen and oxygen atoms in total. The van der Waals surface area contributed by atoms with Gasteiger partial charge in [-0.1, -0.05) is 25.9 Å². The highest BCUT2D eigenvalue weighted by Crippen LogP contribution is 2.38.